The molecule has 2 N–H and O–H groups in total. The van der Waals surface area contributed by atoms with Crippen molar-refractivity contribution in [3.05, 3.63) is 11.8 Å². The van der Waals surface area contributed by atoms with Crippen molar-refractivity contribution in [3.63, 3.8) is 0 Å². The highest BCUT2D eigenvalue weighted by Gasteiger charge is 2.25. The summed E-state index contributed by atoms with van der Waals surface area (Å²) in [4.78, 5) is 0. The minimum absolute atomic E-state index is 0.148. The molecule has 0 aliphatic rings. The zero-order chi connectivity index (χ0) is 14.3. The fourth-order valence-electron chi connectivity index (χ4n) is 1.54. The van der Waals surface area contributed by atoms with Crippen LogP contribution in [0.25, 0.3) is 0 Å². The van der Waals surface area contributed by atoms with Crippen LogP contribution in [0.1, 0.15) is 18.9 Å². The third kappa shape index (κ3) is 4.27. The number of aromatic nitrogens is 2. The monoisotopic (exact) mass is 290 g/mol. The number of methoxy groups -OCH3 is 1. The third-order valence-corrected chi connectivity index (χ3v) is 4.57. The van der Waals surface area contributed by atoms with Crippen LogP contribution in [-0.2, 0) is 21.3 Å². The van der Waals surface area contributed by atoms with Gasteiger partial charge in [-0.05, 0) is 13.0 Å². The molecule has 0 radical (unpaired) electrons. The molecule has 0 unspecified atom stereocenters. The predicted octanol–water partition coefficient (Wildman–Crippen LogP) is 0.176. The molecular formula is C11H22N4O3S. The van der Waals surface area contributed by atoms with E-state index in [1.807, 2.05) is 0 Å². The van der Waals surface area contributed by atoms with E-state index >= 15 is 0 Å². The van der Waals surface area contributed by atoms with E-state index in [1.165, 1.54) is 18.5 Å². The van der Waals surface area contributed by atoms with Gasteiger partial charge in [0.05, 0.1) is 12.8 Å². The number of rotatable bonds is 9. The van der Waals surface area contributed by atoms with Gasteiger partial charge in [0.15, 0.2) is 5.03 Å². The lowest BCUT2D eigenvalue weighted by molar-refractivity contribution is 0.185. The molecule has 0 aliphatic heterocycles. The minimum Gasteiger partial charge on any atom is -0.383 e. The van der Waals surface area contributed by atoms with Gasteiger partial charge in [0.25, 0.3) is 10.0 Å². The standard InChI is InChI=1S/C11H22N4O3S/c1-4-5-12-8-10-9-13-14-11(10)19(16,17)15(2)6-7-18-3/h9,12H,4-8H2,1-3H3,(H,13,14). The van der Waals surface area contributed by atoms with Crippen molar-refractivity contribution in [1.29, 1.82) is 0 Å². The molecular weight excluding hydrogens is 268 g/mol. The second-order valence-corrected chi connectivity index (χ2v) is 6.20. The van der Waals surface area contributed by atoms with Crippen LogP contribution in [0.2, 0.25) is 0 Å². The number of hydrogen-bond donors (Lipinski definition) is 2. The molecule has 110 valence electrons. The zero-order valence-corrected chi connectivity index (χ0v) is 12.5. The third-order valence-electron chi connectivity index (χ3n) is 2.70. The van der Waals surface area contributed by atoms with Gasteiger partial charge in [-0.1, -0.05) is 6.92 Å². The quantitative estimate of drug-likeness (QED) is 0.633. The maximum atomic E-state index is 12.3. The lowest BCUT2D eigenvalue weighted by atomic mass is 10.3. The highest BCUT2D eigenvalue weighted by molar-refractivity contribution is 7.89. The molecule has 0 saturated carbocycles. The first-order chi connectivity index (χ1) is 9.04. The summed E-state index contributed by atoms with van der Waals surface area (Å²) < 4.78 is 30.8. The number of sulfonamides is 1. The number of H-pyrrole nitrogens is 1. The minimum atomic E-state index is -3.54. The number of nitrogens with one attached hydrogen (secondary N) is 2. The second kappa shape index (κ2) is 7.59. The highest BCUT2D eigenvalue weighted by atomic mass is 32.2. The number of nitrogens with zero attached hydrogens (tertiary/aromatic N) is 2. The van der Waals surface area contributed by atoms with E-state index in [9.17, 15) is 8.42 Å². The Morgan fingerprint density at radius 3 is 2.89 bits per heavy atom. The van der Waals surface area contributed by atoms with Crippen LogP contribution in [0.4, 0.5) is 0 Å². The van der Waals surface area contributed by atoms with Gasteiger partial charge in [-0.25, -0.2) is 8.42 Å². The summed E-state index contributed by atoms with van der Waals surface area (Å²) >= 11 is 0. The summed E-state index contributed by atoms with van der Waals surface area (Å²) in [6, 6.07) is 0. The summed E-state index contributed by atoms with van der Waals surface area (Å²) in [5.74, 6) is 0. The highest BCUT2D eigenvalue weighted by Crippen LogP contribution is 2.16. The Bertz CT molecular complexity index is 472. The van der Waals surface area contributed by atoms with Gasteiger partial charge in [0.2, 0.25) is 0 Å². The van der Waals surface area contributed by atoms with Gasteiger partial charge in [0, 0.05) is 32.8 Å². The molecule has 0 amide bonds. The van der Waals surface area contributed by atoms with Crippen LogP contribution >= 0.6 is 0 Å². The maximum Gasteiger partial charge on any atom is 0.260 e. The SMILES string of the molecule is CCCNCc1cn[nH]c1S(=O)(=O)N(C)CCOC. The fraction of sp³-hybridized carbons (Fsp3) is 0.727. The number of likely N-dealkylation sites (N-methyl/N-ethyl adjacent to an activating group) is 1. The topological polar surface area (TPSA) is 87.3 Å². The van der Waals surface area contributed by atoms with Gasteiger partial charge >= 0.3 is 0 Å². The predicted molar refractivity (Wildman–Crippen MR) is 72.3 cm³/mol. The molecule has 1 aromatic rings. The van der Waals surface area contributed by atoms with Crippen LogP contribution in [0.3, 0.4) is 0 Å². The molecule has 0 bridgehead atoms. The first-order valence-corrected chi connectivity index (χ1v) is 7.66. The van der Waals surface area contributed by atoms with Crippen LogP contribution in [0.15, 0.2) is 11.2 Å². The zero-order valence-electron chi connectivity index (χ0n) is 11.6. The summed E-state index contributed by atoms with van der Waals surface area (Å²) in [6.45, 7) is 4.03. The Balaban J connectivity index is 2.80. The Labute approximate surface area is 114 Å². The summed E-state index contributed by atoms with van der Waals surface area (Å²) in [6.07, 6.45) is 2.54. The number of hydrogen-bond acceptors (Lipinski definition) is 5. The first-order valence-electron chi connectivity index (χ1n) is 6.22. The molecule has 0 spiro atoms. The molecule has 1 heterocycles. The van der Waals surface area contributed by atoms with Crippen molar-refractivity contribution in [1.82, 2.24) is 19.8 Å². The largest absolute Gasteiger partial charge is 0.383 e. The number of aromatic amines is 1. The molecule has 0 fully saturated rings. The van der Waals surface area contributed by atoms with Gasteiger partial charge in [-0.2, -0.15) is 9.40 Å². The second-order valence-electron chi connectivity index (χ2n) is 4.22. The molecule has 0 atom stereocenters. The van der Waals surface area contributed by atoms with Gasteiger partial charge in [0.1, 0.15) is 0 Å². The van der Waals surface area contributed by atoms with Crippen molar-refractivity contribution < 1.29 is 13.2 Å². The van der Waals surface area contributed by atoms with E-state index in [0.29, 0.717) is 25.3 Å². The van der Waals surface area contributed by atoms with E-state index in [2.05, 4.69) is 22.4 Å². The Morgan fingerprint density at radius 2 is 2.26 bits per heavy atom. The Kier molecular flexibility index (Phi) is 6.43. The van der Waals surface area contributed by atoms with Gasteiger partial charge < -0.3 is 10.1 Å². The molecule has 19 heavy (non-hydrogen) atoms. The molecule has 1 aromatic heterocycles. The lowest BCUT2D eigenvalue weighted by Crippen LogP contribution is -2.31. The first kappa shape index (κ1) is 16.1. The van der Waals surface area contributed by atoms with Crippen LogP contribution in [0, 0.1) is 0 Å². The molecule has 8 heteroatoms. The molecule has 0 saturated heterocycles. The number of ether oxygens (including phenoxy) is 1. The molecule has 1 rings (SSSR count). The molecule has 0 aliphatic carbocycles. The van der Waals surface area contributed by atoms with Crippen molar-refractivity contribution in [3.8, 4) is 0 Å². The normalized spacial score (nSPS) is 12.2. The Morgan fingerprint density at radius 1 is 1.53 bits per heavy atom. The van der Waals surface area contributed by atoms with Gasteiger partial charge in [-0.3, -0.25) is 5.10 Å². The molecule has 7 nitrogen and oxygen atoms in total. The van der Waals surface area contributed by atoms with Crippen LogP contribution in [-0.4, -0.2) is 56.8 Å². The fourth-order valence-corrected chi connectivity index (χ4v) is 2.80. The van der Waals surface area contributed by atoms with E-state index in [-0.39, 0.29) is 5.03 Å². The average molecular weight is 290 g/mol. The van der Waals surface area contributed by atoms with Crippen LogP contribution < -0.4 is 5.32 Å². The Hall–Kier alpha value is -0.960. The van der Waals surface area contributed by atoms with E-state index in [1.54, 1.807) is 6.20 Å². The van der Waals surface area contributed by atoms with E-state index in [4.69, 9.17) is 4.74 Å². The lowest BCUT2D eigenvalue weighted by Gasteiger charge is -2.16. The molecule has 0 aromatic carbocycles. The summed E-state index contributed by atoms with van der Waals surface area (Å²) in [5.41, 5.74) is 0.651. The van der Waals surface area contributed by atoms with Gasteiger partial charge in [-0.15, -0.1) is 0 Å². The van der Waals surface area contributed by atoms with E-state index in [0.717, 1.165) is 13.0 Å². The smallest absolute Gasteiger partial charge is 0.260 e. The van der Waals surface area contributed by atoms with Crippen molar-refractivity contribution in [2.24, 2.45) is 0 Å². The van der Waals surface area contributed by atoms with E-state index < -0.39 is 10.0 Å². The van der Waals surface area contributed by atoms with Crippen molar-refractivity contribution in [2.75, 3.05) is 33.9 Å². The average Bonchev–Trinajstić information content (AvgIpc) is 2.85. The van der Waals surface area contributed by atoms with Crippen LogP contribution in [0.5, 0.6) is 0 Å². The maximum absolute atomic E-state index is 12.3. The summed E-state index contributed by atoms with van der Waals surface area (Å²) in [7, 11) is -0.476. The summed E-state index contributed by atoms with van der Waals surface area (Å²) in [5, 5.41) is 9.71. The van der Waals surface area contributed by atoms with Crippen molar-refractivity contribution >= 4 is 10.0 Å². The van der Waals surface area contributed by atoms with Crippen molar-refractivity contribution in [2.45, 2.75) is 24.9 Å².